The minimum atomic E-state index is -1.25. The van der Waals surface area contributed by atoms with Gasteiger partial charge in [-0.3, -0.25) is 13.9 Å². The molecule has 152 valence electrons. The number of furan rings is 1. The molecule has 0 saturated carbocycles. The molecule has 1 aromatic heterocycles. The van der Waals surface area contributed by atoms with Gasteiger partial charge in [0.2, 0.25) is 0 Å². The first kappa shape index (κ1) is 21.0. The van der Waals surface area contributed by atoms with E-state index in [0.29, 0.717) is 22.2 Å². The molecule has 1 amide bonds. The van der Waals surface area contributed by atoms with Crippen LogP contribution in [0.2, 0.25) is 5.02 Å². The first-order chi connectivity index (χ1) is 13.5. The Bertz CT molecular complexity index is 801. The van der Waals surface area contributed by atoms with Gasteiger partial charge in [-0.1, -0.05) is 18.5 Å². The first-order valence-corrected chi connectivity index (χ1v) is 11.2. The normalized spacial score (nSPS) is 16.8. The van der Waals surface area contributed by atoms with E-state index >= 15 is 0 Å². The molecule has 8 heteroatoms. The summed E-state index contributed by atoms with van der Waals surface area (Å²) in [7, 11) is -1.25. The summed E-state index contributed by atoms with van der Waals surface area (Å²) in [5, 5.41) is 3.50. The van der Waals surface area contributed by atoms with E-state index in [2.05, 4.69) is 22.0 Å². The van der Waals surface area contributed by atoms with E-state index in [0.717, 1.165) is 39.3 Å². The van der Waals surface area contributed by atoms with Crippen LogP contribution in [-0.2, 0) is 16.6 Å². The summed E-state index contributed by atoms with van der Waals surface area (Å²) in [5.41, 5.74) is 0. The third-order valence-electron chi connectivity index (χ3n) is 4.86. The SMILES string of the molecule is CCN1CCN(CCNC(=O)c2ccc(C[S@@](=O)c3ccc(Cl)cc3)o2)CC1. The molecule has 0 radical (unpaired) electrons. The van der Waals surface area contributed by atoms with Crippen LogP contribution in [0.4, 0.5) is 0 Å². The molecule has 28 heavy (non-hydrogen) atoms. The molecule has 0 bridgehead atoms. The third-order valence-corrected chi connectivity index (χ3v) is 6.46. The molecule has 0 spiro atoms. The van der Waals surface area contributed by atoms with Crippen molar-refractivity contribution >= 4 is 28.3 Å². The Kier molecular flexibility index (Phi) is 7.67. The summed E-state index contributed by atoms with van der Waals surface area (Å²) < 4.78 is 18.0. The summed E-state index contributed by atoms with van der Waals surface area (Å²) >= 11 is 5.85. The Labute approximate surface area is 173 Å². The number of nitrogens with one attached hydrogen (secondary N) is 1. The molecule has 1 saturated heterocycles. The number of rotatable bonds is 8. The van der Waals surface area contributed by atoms with E-state index in [1.54, 1.807) is 36.4 Å². The van der Waals surface area contributed by atoms with Gasteiger partial charge in [0, 0.05) is 49.2 Å². The zero-order chi connectivity index (χ0) is 19.9. The number of piperazine rings is 1. The van der Waals surface area contributed by atoms with Crippen LogP contribution < -0.4 is 5.32 Å². The molecular formula is C20H26ClN3O3S. The smallest absolute Gasteiger partial charge is 0.287 e. The summed E-state index contributed by atoms with van der Waals surface area (Å²) in [6.45, 7) is 8.91. The van der Waals surface area contributed by atoms with E-state index < -0.39 is 10.8 Å². The Morgan fingerprint density at radius 2 is 1.79 bits per heavy atom. The van der Waals surface area contributed by atoms with E-state index in [9.17, 15) is 9.00 Å². The van der Waals surface area contributed by atoms with Crippen molar-refractivity contribution in [2.24, 2.45) is 0 Å². The van der Waals surface area contributed by atoms with Gasteiger partial charge in [0.15, 0.2) is 5.76 Å². The molecule has 1 aliphatic heterocycles. The molecule has 1 atom stereocenters. The lowest BCUT2D eigenvalue weighted by Gasteiger charge is -2.33. The van der Waals surface area contributed by atoms with Gasteiger partial charge in [-0.05, 0) is 42.9 Å². The van der Waals surface area contributed by atoms with Gasteiger partial charge in [0.1, 0.15) is 5.76 Å². The van der Waals surface area contributed by atoms with Gasteiger partial charge >= 0.3 is 0 Å². The topological polar surface area (TPSA) is 65.8 Å². The fourth-order valence-electron chi connectivity index (χ4n) is 3.12. The second-order valence-corrected chi connectivity index (χ2v) is 8.63. The molecular weight excluding hydrogens is 398 g/mol. The molecule has 3 rings (SSSR count). The van der Waals surface area contributed by atoms with Crippen molar-refractivity contribution < 1.29 is 13.4 Å². The van der Waals surface area contributed by atoms with Gasteiger partial charge in [-0.25, -0.2) is 0 Å². The number of carbonyl (C=O) groups is 1. The van der Waals surface area contributed by atoms with Crippen LogP contribution in [0.5, 0.6) is 0 Å². The maximum atomic E-state index is 12.4. The number of amides is 1. The number of likely N-dealkylation sites (N-methyl/N-ethyl adjacent to an activating group) is 1. The fraction of sp³-hybridized carbons (Fsp3) is 0.450. The predicted octanol–water partition coefficient (Wildman–Crippen LogP) is 2.61. The Balaban J connectivity index is 1.43. The Morgan fingerprint density at radius 3 is 2.46 bits per heavy atom. The van der Waals surface area contributed by atoms with Crippen molar-refractivity contribution in [3.05, 3.63) is 52.9 Å². The second-order valence-electron chi connectivity index (χ2n) is 6.74. The molecule has 6 nitrogen and oxygen atoms in total. The maximum Gasteiger partial charge on any atom is 0.287 e. The summed E-state index contributed by atoms with van der Waals surface area (Å²) in [5.74, 6) is 0.750. The van der Waals surface area contributed by atoms with Crippen LogP contribution in [-0.4, -0.2) is 65.7 Å². The van der Waals surface area contributed by atoms with Crippen molar-refractivity contribution in [3.63, 3.8) is 0 Å². The molecule has 1 fully saturated rings. The van der Waals surface area contributed by atoms with E-state index in [1.165, 1.54) is 0 Å². The predicted molar refractivity (Wildman–Crippen MR) is 111 cm³/mol. The Morgan fingerprint density at radius 1 is 1.11 bits per heavy atom. The molecule has 1 N–H and O–H groups in total. The number of carbonyl (C=O) groups excluding carboxylic acids is 1. The van der Waals surface area contributed by atoms with Crippen LogP contribution in [0.1, 0.15) is 23.2 Å². The molecule has 0 aliphatic carbocycles. The monoisotopic (exact) mass is 423 g/mol. The summed E-state index contributed by atoms with van der Waals surface area (Å²) in [6, 6.07) is 10.2. The average Bonchev–Trinajstić information content (AvgIpc) is 3.17. The van der Waals surface area contributed by atoms with Crippen LogP contribution in [0.3, 0.4) is 0 Å². The van der Waals surface area contributed by atoms with Crippen molar-refractivity contribution in [3.8, 4) is 0 Å². The lowest BCUT2D eigenvalue weighted by molar-refractivity contribution is 0.0909. The van der Waals surface area contributed by atoms with E-state index in [4.69, 9.17) is 16.0 Å². The average molecular weight is 424 g/mol. The molecule has 1 aromatic carbocycles. The standard InChI is InChI=1S/C20H26ClN3O3S/c1-2-23-11-13-24(14-12-23)10-9-22-20(25)19-8-5-17(27-19)15-28(26)18-6-3-16(21)4-7-18/h3-8H,2,9-15H2,1H3,(H,22,25)/t28-/m1/s1. The van der Waals surface area contributed by atoms with Crippen LogP contribution in [0.15, 0.2) is 45.7 Å². The van der Waals surface area contributed by atoms with Gasteiger partial charge < -0.3 is 14.6 Å². The molecule has 0 unspecified atom stereocenters. The molecule has 1 aliphatic rings. The number of hydrogen-bond acceptors (Lipinski definition) is 5. The lowest BCUT2D eigenvalue weighted by atomic mass is 10.3. The van der Waals surface area contributed by atoms with Crippen molar-refractivity contribution in [2.45, 2.75) is 17.6 Å². The van der Waals surface area contributed by atoms with Gasteiger partial charge in [-0.2, -0.15) is 0 Å². The highest BCUT2D eigenvalue weighted by molar-refractivity contribution is 7.84. The van der Waals surface area contributed by atoms with Crippen molar-refractivity contribution in [1.29, 1.82) is 0 Å². The molecule has 2 aromatic rings. The third kappa shape index (κ3) is 5.91. The van der Waals surface area contributed by atoms with Crippen molar-refractivity contribution in [2.75, 3.05) is 45.8 Å². The van der Waals surface area contributed by atoms with E-state index in [1.807, 2.05) is 0 Å². The largest absolute Gasteiger partial charge is 0.455 e. The summed E-state index contributed by atoms with van der Waals surface area (Å²) in [6.07, 6.45) is 0. The lowest BCUT2D eigenvalue weighted by Crippen LogP contribution is -2.48. The van der Waals surface area contributed by atoms with Gasteiger partial charge in [0.05, 0.1) is 16.6 Å². The van der Waals surface area contributed by atoms with Crippen LogP contribution >= 0.6 is 11.6 Å². The van der Waals surface area contributed by atoms with Crippen LogP contribution in [0.25, 0.3) is 0 Å². The van der Waals surface area contributed by atoms with Crippen molar-refractivity contribution in [1.82, 2.24) is 15.1 Å². The van der Waals surface area contributed by atoms with E-state index in [-0.39, 0.29) is 17.4 Å². The highest BCUT2D eigenvalue weighted by atomic mass is 35.5. The number of halogens is 1. The molecule has 2 heterocycles. The maximum absolute atomic E-state index is 12.4. The quantitative estimate of drug-likeness (QED) is 0.707. The number of hydrogen-bond donors (Lipinski definition) is 1. The van der Waals surface area contributed by atoms with Crippen LogP contribution in [0, 0.1) is 0 Å². The summed E-state index contributed by atoms with van der Waals surface area (Å²) in [4.78, 5) is 17.7. The number of benzene rings is 1. The first-order valence-electron chi connectivity index (χ1n) is 9.50. The zero-order valence-electron chi connectivity index (χ0n) is 16.0. The fourth-order valence-corrected chi connectivity index (χ4v) is 4.27. The highest BCUT2D eigenvalue weighted by Crippen LogP contribution is 2.17. The zero-order valence-corrected chi connectivity index (χ0v) is 17.6. The number of nitrogens with zero attached hydrogens (tertiary/aromatic N) is 2. The minimum Gasteiger partial charge on any atom is -0.455 e. The second kappa shape index (κ2) is 10.2. The van der Waals surface area contributed by atoms with Gasteiger partial charge in [0.25, 0.3) is 5.91 Å². The minimum absolute atomic E-state index is 0.219. The van der Waals surface area contributed by atoms with Gasteiger partial charge in [-0.15, -0.1) is 0 Å². The highest BCUT2D eigenvalue weighted by Gasteiger charge is 2.16. The Hall–Kier alpha value is -1.67.